The van der Waals surface area contributed by atoms with Crippen LogP contribution >= 0.6 is 0 Å². The highest BCUT2D eigenvalue weighted by molar-refractivity contribution is 5.93. The van der Waals surface area contributed by atoms with E-state index in [1.807, 2.05) is 13.8 Å². The Morgan fingerprint density at radius 1 is 1.28 bits per heavy atom. The Hall–Kier alpha value is -2.75. The quantitative estimate of drug-likeness (QED) is 0.777. The summed E-state index contributed by atoms with van der Waals surface area (Å²) in [6, 6.07) is 1.33. The number of aromatic amines is 1. The summed E-state index contributed by atoms with van der Waals surface area (Å²) < 4.78 is 6.94. The number of likely N-dealkylation sites (tertiary alicyclic amines) is 1. The zero-order chi connectivity index (χ0) is 20.5. The van der Waals surface area contributed by atoms with E-state index in [1.54, 1.807) is 22.7 Å². The molecule has 2 aliphatic heterocycles. The van der Waals surface area contributed by atoms with Crippen molar-refractivity contribution in [1.29, 1.82) is 0 Å². The normalized spacial score (nSPS) is 22.8. The number of rotatable bonds is 4. The van der Waals surface area contributed by atoms with Crippen LogP contribution in [0.5, 0.6) is 0 Å². The van der Waals surface area contributed by atoms with Crippen molar-refractivity contribution < 1.29 is 14.3 Å². The lowest BCUT2D eigenvalue weighted by Crippen LogP contribution is -2.42. The van der Waals surface area contributed by atoms with Crippen LogP contribution in [-0.4, -0.2) is 67.5 Å². The Labute approximate surface area is 169 Å². The van der Waals surface area contributed by atoms with Crippen LogP contribution < -0.4 is 5.32 Å². The molecule has 4 heterocycles. The first kappa shape index (κ1) is 19.6. The van der Waals surface area contributed by atoms with E-state index in [0.717, 1.165) is 18.5 Å². The van der Waals surface area contributed by atoms with Gasteiger partial charge in [0.25, 0.3) is 5.91 Å². The fourth-order valence-electron chi connectivity index (χ4n) is 4.16. The van der Waals surface area contributed by atoms with Gasteiger partial charge in [-0.3, -0.25) is 19.4 Å². The summed E-state index contributed by atoms with van der Waals surface area (Å²) in [5, 5.41) is 14.5. The highest BCUT2D eigenvalue weighted by Gasteiger charge is 2.40. The van der Waals surface area contributed by atoms with Gasteiger partial charge in [-0.05, 0) is 39.2 Å². The minimum absolute atomic E-state index is 0.0302. The van der Waals surface area contributed by atoms with Crippen molar-refractivity contribution in [2.24, 2.45) is 13.0 Å². The van der Waals surface area contributed by atoms with Gasteiger partial charge in [-0.2, -0.15) is 10.2 Å². The van der Waals surface area contributed by atoms with Gasteiger partial charge in [-0.15, -0.1) is 0 Å². The Kier molecular flexibility index (Phi) is 5.35. The Morgan fingerprint density at radius 2 is 2.03 bits per heavy atom. The van der Waals surface area contributed by atoms with Gasteiger partial charge in [-0.25, -0.2) is 4.98 Å². The number of hydrogen-bond acceptors (Lipinski definition) is 6. The summed E-state index contributed by atoms with van der Waals surface area (Å²) in [5.41, 5.74) is 1.29. The van der Waals surface area contributed by atoms with Gasteiger partial charge in [-0.1, -0.05) is 0 Å². The Bertz CT molecular complexity index is 900. The lowest BCUT2D eigenvalue weighted by atomic mass is 9.99. The molecule has 156 valence electrons. The van der Waals surface area contributed by atoms with Crippen LogP contribution in [0.25, 0.3) is 0 Å². The summed E-state index contributed by atoms with van der Waals surface area (Å²) in [6.07, 6.45) is 2.05. The summed E-state index contributed by atoms with van der Waals surface area (Å²) in [4.78, 5) is 32.1. The van der Waals surface area contributed by atoms with Crippen molar-refractivity contribution in [2.75, 3.05) is 19.8 Å². The first-order chi connectivity index (χ1) is 13.9. The Balaban J connectivity index is 1.53. The standard InChI is InChI=1S/C19H27N7O3/c1-11-8-16(25(3)24-11)19(28)26-10-14(9-15(26)17-20-12(2)22-23-17)21-18(27)13-4-6-29-7-5-13/h8,13-15H,4-7,9-10H2,1-3H3,(H,21,27)(H,20,22,23)/t14-,15-/m0/s1. The van der Waals surface area contributed by atoms with Crippen LogP contribution in [0.15, 0.2) is 6.07 Å². The third-order valence-corrected chi connectivity index (χ3v) is 5.63. The van der Waals surface area contributed by atoms with E-state index in [0.29, 0.717) is 43.5 Å². The maximum absolute atomic E-state index is 13.3. The average Bonchev–Trinajstić information content (AvgIpc) is 3.40. The molecule has 2 aromatic rings. The predicted octanol–water partition coefficient (Wildman–Crippen LogP) is 0.654. The first-order valence-electron chi connectivity index (χ1n) is 10.0. The Morgan fingerprint density at radius 3 is 2.66 bits per heavy atom. The molecule has 2 aliphatic rings. The van der Waals surface area contributed by atoms with E-state index >= 15 is 0 Å². The van der Waals surface area contributed by atoms with Crippen molar-refractivity contribution in [3.63, 3.8) is 0 Å². The molecular weight excluding hydrogens is 374 g/mol. The van der Waals surface area contributed by atoms with Gasteiger partial charge >= 0.3 is 0 Å². The van der Waals surface area contributed by atoms with Gasteiger partial charge in [0, 0.05) is 38.8 Å². The number of carbonyl (C=O) groups is 2. The van der Waals surface area contributed by atoms with Crippen LogP contribution in [0.4, 0.5) is 0 Å². The fourth-order valence-corrected chi connectivity index (χ4v) is 4.16. The number of H-pyrrole nitrogens is 1. The summed E-state index contributed by atoms with van der Waals surface area (Å²) in [6.45, 7) is 5.33. The molecule has 10 nitrogen and oxygen atoms in total. The van der Waals surface area contributed by atoms with Crippen molar-refractivity contribution in [2.45, 2.75) is 45.2 Å². The maximum atomic E-state index is 13.3. The summed E-state index contributed by atoms with van der Waals surface area (Å²) >= 11 is 0. The van der Waals surface area contributed by atoms with E-state index < -0.39 is 0 Å². The predicted molar refractivity (Wildman–Crippen MR) is 103 cm³/mol. The molecule has 29 heavy (non-hydrogen) atoms. The second-order valence-corrected chi connectivity index (χ2v) is 7.87. The zero-order valence-corrected chi connectivity index (χ0v) is 17.0. The molecule has 10 heteroatoms. The molecular formula is C19H27N7O3. The lowest BCUT2D eigenvalue weighted by molar-refractivity contribution is -0.128. The summed E-state index contributed by atoms with van der Waals surface area (Å²) in [7, 11) is 1.76. The molecule has 0 aromatic carbocycles. The molecule has 0 saturated carbocycles. The molecule has 0 unspecified atom stereocenters. The van der Waals surface area contributed by atoms with Gasteiger partial charge in [0.05, 0.1) is 11.7 Å². The van der Waals surface area contributed by atoms with E-state index in [2.05, 4.69) is 25.6 Å². The van der Waals surface area contributed by atoms with E-state index in [-0.39, 0.29) is 29.8 Å². The van der Waals surface area contributed by atoms with E-state index in [1.165, 1.54) is 0 Å². The molecule has 2 aromatic heterocycles. The molecule has 2 atom stereocenters. The van der Waals surface area contributed by atoms with Crippen molar-refractivity contribution >= 4 is 11.8 Å². The number of nitrogens with zero attached hydrogens (tertiary/aromatic N) is 5. The van der Waals surface area contributed by atoms with E-state index in [9.17, 15) is 9.59 Å². The second kappa shape index (κ2) is 7.94. The number of aromatic nitrogens is 5. The molecule has 2 fully saturated rings. The highest BCUT2D eigenvalue weighted by atomic mass is 16.5. The number of aryl methyl sites for hydroxylation is 3. The number of ether oxygens (including phenoxy) is 1. The van der Waals surface area contributed by atoms with Gasteiger partial charge < -0.3 is 15.0 Å². The SMILES string of the molecule is Cc1cc(C(=O)N2C[C@@H](NC(=O)C3CCOCC3)C[C@H]2c2n[nH]c(C)n2)n(C)n1. The molecule has 2 N–H and O–H groups in total. The van der Waals surface area contributed by atoms with Crippen LogP contribution in [0, 0.1) is 19.8 Å². The molecule has 0 bridgehead atoms. The zero-order valence-electron chi connectivity index (χ0n) is 17.0. The monoisotopic (exact) mass is 401 g/mol. The van der Waals surface area contributed by atoms with Crippen molar-refractivity contribution in [3.8, 4) is 0 Å². The lowest BCUT2D eigenvalue weighted by Gasteiger charge is -2.23. The second-order valence-electron chi connectivity index (χ2n) is 7.87. The highest BCUT2D eigenvalue weighted by Crippen LogP contribution is 2.32. The fraction of sp³-hybridized carbons (Fsp3) is 0.632. The molecule has 0 radical (unpaired) electrons. The van der Waals surface area contributed by atoms with Crippen molar-refractivity contribution in [1.82, 2.24) is 35.2 Å². The van der Waals surface area contributed by atoms with E-state index in [4.69, 9.17) is 4.74 Å². The molecule has 2 saturated heterocycles. The number of nitrogens with one attached hydrogen (secondary N) is 2. The van der Waals surface area contributed by atoms with Crippen molar-refractivity contribution in [3.05, 3.63) is 29.1 Å². The van der Waals surface area contributed by atoms with Gasteiger partial charge in [0.1, 0.15) is 11.5 Å². The number of carbonyl (C=O) groups excluding carboxylic acids is 2. The third-order valence-electron chi connectivity index (χ3n) is 5.63. The molecule has 4 rings (SSSR count). The number of amides is 2. The number of hydrogen-bond donors (Lipinski definition) is 2. The minimum Gasteiger partial charge on any atom is -0.381 e. The largest absolute Gasteiger partial charge is 0.381 e. The maximum Gasteiger partial charge on any atom is 0.272 e. The first-order valence-corrected chi connectivity index (χ1v) is 10.0. The van der Waals surface area contributed by atoms with Crippen LogP contribution in [0.3, 0.4) is 0 Å². The topological polar surface area (TPSA) is 118 Å². The molecule has 0 spiro atoms. The average molecular weight is 401 g/mol. The molecule has 0 aliphatic carbocycles. The third kappa shape index (κ3) is 4.02. The van der Waals surface area contributed by atoms with Gasteiger partial charge in [0.15, 0.2) is 5.82 Å². The summed E-state index contributed by atoms with van der Waals surface area (Å²) in [5.74, 6) is 1.13. The van der Waals surface area contributed by atoms with Crippen LogP contribution in [0.1, 0.15) is 53.1 Å². The molecule has 2 amide bonds. The van der Waals surface area contributed by atoms with Gasteiger partial charge in [0.2, 0.25) is 5.91 Å². The smallest absolute Gasteiger partial charge is 0.272 e. The van der Waals surface area contributed by atoms with Crippen LogP contribution in [0.2, 0.25) is 0 Å². The minimum atomic E-state index is -0.303. The van der Waals surface area contributed by atoms with Crippen LogP contribution in [-0.2, 0) is 16.6 Å².